The van der Waals surface area contributed by atoms with E-state index < -0.39 is 17.6 Å². The van der Waals surface area contributed by atoms with E-state index in [1.807, 2.05) is 0 Å². The molecular formula is C15H12FN3O2. The summed E-state index contributed by atoms with van der Waals surface area (Å²) >= 11 is 0. The predicted octanol–water partition coefficient (Wildman–Crippen LogP) is 1.97. The van der Waals surface area contributed by atoms with Crippen LogP contribution in [0.3, 0.4) is 0 Å². The molecule has 2 aromatic rings. The number of amides is 2. The second-order valence-electron chi connectivity index (χ2n) is 4.16. The van der Waals surface area contributed by atoms with Crippen molar-refractivity contribution in [3.8, 4) is 0 Å². The minimum Gasteiger partial charge on any atom is -0.366 e. The lowest BCUT2D eigenvalue weighted by Gasteiger charge is -2.04. The Bertz CT molecular complexity index is 699. The second-order valence-corrected chi connectivity index (χ2v) is 4.16. The molecule has 0 spiro atoms. The highest BCUT2D eigenvalue weighted by Crippen LogP contribution is 2.14. The van der Waals surface area contributed by atoms with E-state index in [0.29, 0.717) is 0 Å². The van der Waals surface area contributed by atoms with E-state index in [1.165, 1.54) is 18.2 Å². The summed E-state index contributed by atoms with van der Waals surface area (Å²) in [5.41, 5.74) is 5.83. The summed E-state index contributed by atoms with van der Waals surface area (Å²) in [7, 11) is 0. The minimum atomic E-state index is -0.858. The van der Waals surface area contributed by atoms with Crippen molar-refractivity contribution in [2.75, 3.05) is 5.32 Å². The number of rotatable bonds is 4. The van der Waals surface area contributed by atoms with E-state index in [-0.39, 0.29) is 11.3 Å². The molecule has 1 aromatic heterocycles. The van der Waals surface area contributed by atoms with Crippen LogP contribution in [0.1, 0.15) is 15.9 Å². The van der Waals surface area contributed by atoms with E-state index in [9.17, 15) is 14.0 Å². The third-order valence-corrected chi connectivity index (χ3v) is 2.64. The number of pyridine rings is 1. The van der Waals surface area contributed by atoms with E-state index in [2.05, 4.69) is 10.3 Å². The van der Waals surface area contributed by atoms with Gasteiger partial charge in [-0.1, -0.05) is 0 Å². The quantitative estimate of drug-likeness (QED) is 0.842. The van der Waals surface area contributed by atoms with E-state index in [1.54, 1.807) is 30.6 Å². The van der Waals surface area contributed by atoms with Crippen LogP contribution in [-0.2, 0) is 4.79 Å². The summed E-state index contributed by atoms with van der Waals surface area (Å²) in [6.45, 7) is 0. The highest BCUT2D eigenvalue weighted by atomic mass is 19.1. The number of hydrogen-bond donors (Lipinski definition) is 2. The van der Waals surface area contributed by atoms with E-state index in [4.69, 9.17) is 5.73 Å². The van der Waals surface area contributed by atoms with Crippen molar-refractivity contribution in [1.82, 2.24) is 4.98 Å². The SMILES string of the molecule is NC(=O)c1ccc(NC(=O)/C=C\c2ccncc2)cc1F. The van der Waals surface area contributed by atoms with Crippen molar-refractivity contribution in [2.45, 2.75) is 0 Å². The molecule has 3 N–H and O–H groups in total. The van der Waals surface area contributed by atoms with Crippen LogP contribution in [0.25, 0.3) is 6.08 Å². The zero-order chi connectivity index (χ0) is 15.2. The van der Waals surface area contributed by atoms with Gasteiger partial charge in [0, 0.05) is 24.2 Å². The number of halogens is 1. The fraction of sp³-hybridized carbons (Fsp3) is 0. The molecule has 1 heterocycles. The molecule has 0 bridgehead atoms. The molecule has 0 saturated carbocycles. The molecule has 0 radical (unpaired) electrons. The molecule has 21 heavy (non-hydrogen) atoms. The van der Waals surface area contributed by atoms with Crippen LogP contribution in [0.5, 0.6) is 0 Å². The maximum Gasteiger partial charge on any atom is 0.251 e. The molecule has 0 aliphatic rings. The number of carbonyl (C=O) groups excluding carboxylic acids is 2. The summed E-state index contributed by atoms with van der Waals surface area (Å²) < 4.78 is 13.5. The van der Waals surface area contributed by atoms with Gasteiger partial charge < -0.3 is 11.1 Å². The highest BCUT2D eigenvalue weighted by molar-refractivity contribution is 6.02. The topological polar surface area (TPSA) is 85.1 Å². The molecule has 0 fully saturated rings. The molecular weight excluding hydrogens is 273 g/mol. The van der Waals surface area contributed by atoms with Crippen LogP contribution in [-0.4, -0.2) is 16.8 Å². The summed E-state index contributed by atoms with van der Waals surface area (Å²) in [6, 6.07) is 7.15. The average molecular weight is 285 g/mol. The summed E-state index contributed by atoms with van der Waals surface area (Å²) in [4.78, 5) is 26.4. The second kappa shape index (κ2) is 6.42. The van der Waals surface area contributed by atoms with Gasteiger partial charge in [0.1, 0.15) is 5.82 Å². The summed E-state index contributed by atoms with van der Waals surface area (Å²) in [5, 5.41) is 2.49. The number of carbonyl (C=O) groups is 2. The van der Waals surface area contributed by atoms with Gasteiger partial charge in [-0.15, -0.1) is 0 Å². The Morgan fingerprint density at radius 3 is 2.52 bits per heavy atom. The summed E-state index contributed by atoms with van der Waals surface area (Å²) in [5.74, 6) is -2.06. The number of anilines is 1. The van der Waals surface area contributed by atoms with Gasteiger partial charge in [-0.25, -0.2) is 4.39 Å². The van der Waals surface area contributed by atoms with Crippen LogP contribution in [0.4, 0.5) is 10.1 Å². The average Bonchev–Trinajstić information content (AvgIpc) is 2.46. The number of primary amides is 1. The minimum absolute atomic E-state index is 0.222. The van der Waals surface area contributed by atoms with Crippen LogP contribution >= 0.6 is 0 Å². The van der Waals surface area contributed by atoms with Crippen molar-refractivity contribution in [3.63, 3.8) is 0 Å². The molecule has 2 rings (SSSR count). The fourth-order valence-electron chi connectivity index (χ4n) is 1.62. The molecule has 0 atom stereocenters. The van der Waals surface area contributed by atoms with Crippen molar-refractivity contribution < 1.29 is 14.0 Å². The first-order chi connectivity index (χ1) is 10.1. The van der Waals surface area contributed by atoms with Crippen molar-refractivity contribution >= 4 is 23.6 Å². The Morgan fingerprint density at radius 1 is 1.19 bits per heavy atom. The lowest BCUT2D eigenvalue weighted by Crippen LogP contribution is -2.14. The molecule has 106 valence electrons. The lowest BCUT2D eigenvalue weighted by molar-refractivity contribution is -0.111. The number of nitrogens with zero attached hydrogens (tertiary/aromatic N) is 1. The Balaban J connectivity index is 2.05. The molecule has 0 aliphatic heterocycles. The number of hydrogen-bond acceptors (Lipinski definition) is 3. The van der Waals surface area contributed by atoms with Gasteiger partial charge in [0.2, 0.25) is 5.91 Å². The van der Waals surface area contributed by atoms with Gasteiger partial charge in [0.15, 0.2) is 0 Å². The summed E-state index contributed by atoms with van der Waals surface area (Å²) in [6.07, 6.45) is 6.13. The number of nitrogens with two attached hydrogens (primary N) is 1. The third kappa shape index (κ3) is 3.97. The standard InChI is InChI=1S/C15H12FN3O2/c16-13-9-11(2-3-12(13)15(17)21)19-14(20)4-1-10-5-7-18-8-6-10/h1-9H,(H2,17,21)(H,19,20)/b4-1-. The van der Waals surface area contributed by atoms with E-state index in [0.717, 1.165) is 11.6 Å². The molecule has 0 aliphatic carbocycles. The number of aromatic nitrogens is 1. The molecule has 6 heteroatoms. The van der Waals surface area contributed by atoms with Crippen molar-refractivity contribution in [3.05, 3.63) is 65.7 Å². The number of nitrogens with one attached hydrogen (secondary N) is 1. The fourth-order valence-corrected chi connectivity index (χ4v) is 1.62. The first-order valence-electron chi connectivity index (χ1n) is 6.05. The van der Waals surface area contributed by atoms with Crippen molar-refractivity contribution in [2.24, 2.45) is 5.73 Å². The van der Waals surface area contributed by atoms with Gasteiger partial charge in [-0.3, -0.25) is 14.6 Å². The largest absolute Gasteiger partial charge is 0.366 e. The van der Waals surface area contributed by atoms with E-state index >= 15 is 0 Å². The Hall–Kier alpha value is -3.02. The first kappa shape index (κ1) is 14.4. The maximum atomic E-state index is 13.5. The Labute approximate surface area is 120 Å². The van der Waals surface area contributed by atoms with Crippen molar-refractivity contribution in [1.29, 1.82) is 0 Å². The Kier molecular flexibility index (Phi) is 4.40. The number of benzene rings is 1. The van der Waals surface area contributed by atoms with Gasteiger partial charge >= 0.3 is 0 Å². The smallest absolute Gasteiger partial charge is 0.251 e. The lowest BCUT2D eigenvalue weighted by atomic mass is 10.2. The third-order valence-electron chi connectivity index (χ3n) is 2.64. The van der Waals surface area contributed by atoms with Gasteiger partial charge in [-0.2, -0.15) is 0 Å². The van der Waals surface area contributed by atoms with Crippen LogP contribution in [0.15, 0.2) is 48.8 Å². The van der Waals surface area contributed by atoms with Crippen LogP contribution in [0, 0.1) is 5.82 Å². The van der Waals surface area contributed by atoms with Gasteiger partial charge in [0.05, 0.1) is 5.56 Å². The van der Waals surface area contributed by atoms with Crippen LogP contribution < -0.4 is 11.1 Å². The first-order valence-corrected chi connectivity index (χ1v) is 6.05. The zero-order valence-electron chi connectivity index (χ0n) is 10.9. The van der Waals surface area contributed by atoms with Gasteiger partial charge in [0.25, 0.3) is 5.91 Å². The molecule has 2 amide bonds. The molecule has 1 aromatic carbocycles. The van der Waals surface area contributed by atoms with Crippen LogP contribution in [0.2, 0.25) is 0 Å². The zero-order valence-corrected chi connectivity index (χ0v) is 10.9. The maximum absolute atomic E-state index is 13.5. The monoisotopic (exact) mass is 285 g/mol. The molecule has 5 nitrogen and oxygen atoms in total. The normalized spacial score (nSPS) is 10.5. The highest BCUT2D eigenvalue weighted by Gasteiger charge is 2.09. The molecule has 0 unspecified atom stereocenters. The predicted molar refractivity (Wildman–Crippen MR) is 76.8 cm³/mol. The molecule has 0 saturated heterocycles. The van der Waals surface area contributed by atoms with Gasteiger partial charge in [-0.05, 0) is 42.0 Å². The Morgan fingerprint density at radius 2 is 1.90 bits per heavy atom.